The fourth-order valence-electron chi connectivity index (χ4n) is 6.88. The molecule has 0 radical (unpaired) electrons. The second-order valence-electron chi connectivity index (χ2n) is 9.63. The maximum Gasteiger partial charge on any atom is 0.239 e. The van der Waals surface area contributed by atoms with Crippen LogP contribution in [-0.4, -0.2) is 11.8 Å². The van der Waals surface area contributed by atoms with Crippen molar-refractivity contribution in [3.8, 4) is 6.07 Å². The van der Waals surface area contributed by atoms with E-state index in [0.717, 1.165) is 37.7 Å². The van der Waals surface area contributed by atoms with Crippen LogP contribution in [0.4, 0.5) is 5.00 Å². The van der Waals surface area contributed by atoms with Crippen LogP contribution in [0.25, 0.3) is 0 Å². The number of nitriles is 1. The van der Waals surface area contributed by atoms with Gasteiger partial charge in [0.2, 0.25) is 11.8 Å². The molecule has 8 rings (SSSR count). The first kappa shape index (κ1) is 19.3. The predicted molar refractivity (Wildman–Crippen MR) is 126 cm³/mol. The zero-order valence-electron chi connectivity index (χ0n) is 18.1. The summed E-state index contributed by atoms with van der Waals surface area (Å²) >= 11 is 1.50. The van der Waals surface area contributed by atoms with E-state index in [9.17, 15) is 14.9 Å². The molecule has 4 nitrogen and oxygen atoms in total. The fraction of sp³-hybridized carbons (Fsp3) is 0.321. The molecule has 5 aliphatic rings. The van der Waals surface area contributed by atoms with E-state index in [2.05, 4.69) is 30.3 Å². The highest BCUT2D eigenvalue weighted by atomic mass is 32.1. The summed E-state index contributed by atoms with van der Waals surface area (Å²) in [6.45, 7) is 0. The summed E-state index contributed by atoms with van der Waals surface area (Å²) < 4.78 is 0. The fourth-order valence-corrected chi connectivity index (χ4v) is 8.23. The van der Waals surface area contributed by atoms with Gasteiger partial charge in [0.1, 0.15) is 11.1 Å². The molecule has 33 heavy (non-hydrogen) atoms. The smallest absolute Gasteiger partial charge is 0.239 e. The lowest BCUT2D eigenvalue weighted by molar-refractivity contribution is -0.122. The Labute approximate surface area is 196 Å². The summed E-state index contributed by atoms with van der Waals surface area (Å²) in [4.78, 5) is 30.6. The van der Waals surface area contributed by atoms with Gasteiger partial charge in [0, 0.05) is 16.7 Å². The summed E-state index contributed by atoms with van der Waals surface area (Å²) in [5.74, 6) is -1.29. The molecule has 1 fully saturated rings. The number of hydrogen-bond donors (Lipinski definition) is 0. The zero-order valence-corrected chi connectivity index (χ0v) is 18.9. The van der Waals surface area contributed by atoms with Crippen molar-refractivity contribution in [1.82, 2.24) is 0 Å². The van der Waals surface area contributed by atoms with Crippen molar-refractivity contribution < 1.29 is 9.59 Å². The Bertz CT molecular complexity index is 1280. The highest BCUT2D eigenvalue weighted by molar-refractivity contribution is 7.17. The van der Waals surface area contributed by atoms with E-state index in [0.29, 0.717) is 10.6 Å². The molecular weight excluding hydrogens is 428 g/mol. The molecule has 2 bridgehead atoms. The van der Waals surface area contributed by atoms with Gasteiger partial charge in [-0.25, -0.2) is 4.90 Å². The maximum absolute atomic E-state index is 14.0. The summed E-state index contributed by atoms with van der Waals surface area (Å²) in [5, 5.41) is 10.6. The molecule has 1 saturated heterocycles. The van der Waals surface area contributed by atoms with Gasteiger partial charge in [0.15, 0.2) is 0 Å². The molecule has 0 spiro atoms. The minimum absolute atomic E-state index is 0.114. The van der Waals surface area contributed by atoms with Crippen LogP contribution in [0.15, 0.2) is 48.5 Å². The number of amides is 2. The third-order valence-electron chi connectivity index (χ3n) is 8.17. The predicted octanol–water partition coefficient (Wildman–Crippen LogP) is 5.29. The van der Waals surface area contributed by atoms with Crippen molar-refractivity contribution in [2.24, 2.45) is 11.8 Å². The van der Waals surface area contributed by atoms with E-state index < -0.39 is 11.8 Å². The molecule has 0 saturated carbocycles. The Hall–Kier alpha value is -3.23. The van der Waals surface area contributed by atoms with Crippen LogP contribution in [0, 0.1) is 23.2 Å². The zero-order chi connectivity index (χ0) is 22.3. The monoisotopic (exact) mass is 450 g/mol. The summed E-state index contributed by atoms with van der Waals surface area (Å²) in [5.41, 5.74) is 6.32. The molecule has 162 valence electrons. The lowest BCUT2D eigenvalue weighted by Gasteiger charge is -2.45. The normalized spacial score (nSPS) is 26.8. The van der Waals surface area contributed by atoms with E-state index >= 15 is 0 Å². The average Bonchev–Trinajstić information content (AvgIpc) is 3.20. The number of hydrogen-bond acceptors (Lipinski definition) is 4. The van der Waals surface area contributed by atoms with Gasteiger partial charge in [-0.1, -0.05) is 55.0 Å². The Balaban J connectivity index is 1.41. The number of rotatable bonds is 1. The van der Waals surface area contributed by atoms with Crippen molar-refractivity contribution in [2.75, 3.05) is 4.90 Å². The van der Waals surface area contributed by atoms with Crippen LogP contribution in [-0.2, 0) is 22.4 Å². The Morgan fingerprint density at radius 3 is 1.82 bits per heavy atom. The molecule has 5 heteroatoms. The van der Waals surface area contributed by atoms with Gasteiger partial charge in [0.05, 0.1) is 17.4 Å². The van der Waals surface area contributed by atoms with E-state index in [1.54, 1.807) is 0 Å². The summed E-state index contributed by atoms with van der Waals surface area (Å²) in [6, 6.07) is 19.0. The number of nitrogens with zero attached hydrogens (tertiary/aromatic N) is 2. The van der Waals surface area contributed by atoms with E-state index in [1.165, 1.54) is 43.4 Å². The van der Waals surface area contributed by atoms with Crippen molar-refractivity contribution >= 4 is 28.2 Å². The highest BCUT2D eigenvalue weighted by Gasteiger charge is 2.62. The van der Waals surface area contributed by atoms with E-state index in [-0.39, 0.29) is 23.7 Å². The molecule has 2 aromatic carbocycles. The first-order valence-corrected chi connectivity index (χ1v) is 12.6. The quantitative estimate of drug-likeness (QED) is 0.374. The maximum atomic E-state index is 14.0. The molecule has 1 aliphatic heterocycles. The minimum atomic E-state index is -0.402. The average molecular weight is 451 g/mol. The topological polar surface area (TPSA) is 61.2 Å². The highest BCUT2D eigenvalue weighted by Crippen LogP contribution is 2.61. The van der Waals surface area contributed by atoms with E-state index in [1.807, 2.05) is 24.3 Å². The number of aryl methyl sites for hydroxylation is 1. The van der Waals surface area contributed by atoms with Crippen LogP contribution in [0.3, 0.4) is 0 Å². The van der Waals surface area contributed by atoms with Gasteiger partial charge in [0.25, 0.3) is 0 Å². The van der Waals surface area contributed by atoms with Gasteiger partial charge < -0.3 is 0 Å². The molecule has 2 heterocycles. The lowest BCUT2D eigenvalue weighted by Crippen LogP contribution is -2.41. The van der Waals surface area contributed by atoms with Crippen LogP contribution >= 0.6 is 11.3 Å². The Morgan fingerprint density at radius 2 is 1.30 bits per heavy atom. The van der Waals surface area contributed by atoms with E-state index in [4.69, 9.17) is 0 Å². The number of carbonyl (C=O) groups excluding carboxylic acids is 2. The van der Waals surface area contributed by atoms with Crippen molar-refractivity contribution in [3.63, 3.8) is 0 Å². The third kappa shape index (κ3) is 2.40. The number of imide groups is 1. The number of benzene rings is 2. The number of carbonyl (C=O) groups is 2. The largest absolute Gasteiger partial charge is 0.274 e. The molecule has 4 aliphatic carbocycles. The van der Waals surface area contributed by atoms with Gasteiger partial charge in [-0.05, 0) is 53.5 Å². The van der Waals surface area contributed by atoms with Crippen molar-refractivity contribution in [3.05, 3.63) is 86.8 Å². The van der Waals surface area contributed by atoms with Gasteiger partial charge in [-0.2, -0.15) is 5.26 Å². The molecule has 2 amide bonds. The molecule has 0 N–H and O–H groups in total. The van der Waals surface area contributed by atoms with Crippen molar-refractivity contribution in [1.29, 1.82) is 5.26 Å². The van der Waals surface area contributed by atoms with Crippen LogP contribution in [0.2, 0.25) is 0 Å². The second kappa shape index (κ2) is 6.88. The van der Waals surface area contributed by atoms with Crippen LogP contribution in [0.5, 0.6) is 0 Å². The lowest BCUT2D eigenvalue weighted by atomic mass is 9.55. The molecule has 3 aromatic rings. The van der Waals surface area contributed by atoms with Gasteiger partial charge in [-0.15, -0.1) is 11.3 Å². The van der Waals surface area contributed by atoms with Crippen LogP contribution < -0.4 is 4.90 Å². The first-order chi connectivity index (χ1) is 16.2. The van der Waals surface area contributed by atoms with Gasteiger partial charge in [-0.3, -0.25) is 9.59 Å². The van der Waals surface area contributed by atoms with Crippen molar-refractivity contribution in [2.45, 2.75) is 43.9 Å². The SMILES string of the molecule is N#Cc1c(N2C(=O)[C@@H]3C4c5ccccc5C(c5ccccc54)[C@H]3C2=O)sc2c1CCCCC2. The molecule has 1 aromatic heterocycles. The molecule has 0 unspecified atom stereocenters. The van der Waals surface area contributed by atoms with Gasteiger partial charge >= 0.3 is 0 Å². The third-order valence-corrected chi connectivity index (χ3v) is 9.44. The minimum Gasteiger partial charge on any atom is -0.274 e. The number of fused-ring (bicyclic) bond motifs is 1. The Morgan fingerprint density at radius 1 is 0.788 bits per heavy atom. The first-order valence-electron chi connectivity index (χ1n) is 11.8. The summed E-state index contributed by atoms with van der Waals surface area (Å²) in [6.07, 6.45) is 5.10. The molecule has 2 atom stereocenters. The van der Waals surface area contributed by atoms with Crippen LogP contribution in [0.1, 0.15) is 69.4 Å². The summed E-state index contributed by atoms with van der Waals surface area (Å²) in [7, 11) is 0. The number of thiophene rings is 1. The second-order valence-corrected chi connectivity index (χ2v) is 10.7. The number of anilines is 1. The Kier molecular flexibility index (Phi) is 4.02. The standard InChI is InChI=1S/C28H22N2O2S/c29-14-20-15-8-2-1-3-13-21(15)33-28(20)30-26(31)24-22-16-9-4-5-10-17(16)23(25(24)27(30)32)19-12-7-6-11-18(19)22/h4-7,9-12,22-25H,1-3,8,13H2/t22?,23?,24-,25-/m1/s1. The molecular formula is C28H22N2O2S.